The summed E-state index contributed by atoms with van der Waals surface area (Å²) in [5.74, 6) is 0.984. The molecule has 0 aliphatic carbocycles. The third-order valence-electron chi connectivity index (χ3n) is 5.34. The van der Waals surface area contributed by atoms with Crippen LogP contribution in [0, 0.1) is 5.82 Å². The Morgan fingerprint density at radius 3 is 2.73 bits per heavy atom. The number of benzene rings is 2. The maximum absolute atomic E-state index is 14.4. The van der Waals surface area contributed by atoms with E-state index in [9.17, 15) is 9.18 Å². The number of pyridine rings is 1. The second-order valence-electron chi connectivity index (χ2n) is 7.49. The first kappa shape index (κ1) is 22.8. The molecule has 2 aromatic carbocycles. The van der Waals surface area contributed by atoms with Crippen LogP contribution in [0.5, 0.6) is 23.0 Å². The third kappa shape index (κ3) is 5.68. The Bertz CT molecular complexity index is 1100. The zero-order valence-electron chi connectivity index (χ0n) is 18.4. The number of halogens is 1. The predicted molar refractivity (Wildman–Crippen MR) is 122 cm³/mol. The standard InChI is InChI=1S/C24H26FN3O5/c1-30-23-14-18-20(15-24(23)32-10-2-7-28-8-11-31-12-9-28)26-6-5-21(18)33-22-4-3-17(27-16-29)13-19(22)25/h3-6,13-16H,2,7-12H2,1H3,(H,27,29). The minimum absolute atomic E-state index is 0.0290. The molecule has 2 heterocycles. The first-order valence-corrected chi connectivity index (χ1v) is 10.7. The number of anilines is 1. The van der Waals surface area contributed by atoms with E-state index in [4.69, 9.17) is 18.9 Å². The van der Waals surface area contributed by atoms with E-state index in [0.717, 1.165) is 39.3 Å². The molecule has 1 saturated heterocycles. The molecule has 1 aromatic heterocycles. The lowest BCUT2D eigenvalue weighted by Gasteiger charge is -2.26. The summed E-state index contributed by atoms with van der Waals surface area (Å²) in [6.07, 6.45) is 2.96. The molecule has 1 aliphatic heterocycles. The van der Waals surface area contributed by atoms with Crippen LogP contribution in [0.3, 0.4) is 0 Å². The SMILES string of the molecule is COc1cc2c(Oc3ccc(NC=O)cc3F)ccnc2cc1OCCCN1CCOCC1. The van der Waals surface area contributed by atoms with Gasteiger partial charge in [0.25, 0.3) is 0 Å². The van der Waals surface area contributed by atoms with E-state index in [1.54, 1.807) is 37.6 Å². The quantitative estimate of drug-likeness (QED) is 0.367. The molecule has 1 fully saturated rings. The van der Waals surface area contributed by atoms with Gasteiger partial charge in [0.1, 0.15) is 5.75 Å². The first-order valence-electron chi connectivity index (χ1n) is 10.7. The maximum atomic E-state index is 14.4. The number of hydrogen-bond donors (Lipinski definition) is 1. The van der Waals surface area contributed by atoms with Crippen molar-refractivity contribution in [2.45, 2.75) is 6.42 Å². The van der Waals surface area contributed by atoms with Crippen molar-refractivity contribution >= 4 is 23.0 Å². The largest absolute Gasteiger partial charge is 0.493 e. The smallest absolute Gasteiger partial charge is 0.211 e. The highest BCUT2D eigenvalue weighted by Crippen LogP contribution is 2.37. The van der Waals surface area contributed by atoms with Crippen molar-refractivity contribution in [3.63, 3.8) is 0 Å². The van der Waals surface area contributed by atoms with Crippen LogP contribution in [0.15, 0.2) is 42.6 Å². The Labute approximate surface area is 191 Å². The van der Waals surface area contributed by atoms with Gasteiger partial charge in [0, 0.05) is 49.0 Å². The second-order valence-corrected chi connectivity index (χ2v) is 7.49. The average molecular weight is 455 g/mol. The Morgan fingerprint density at radius 1 is 1.12 bits per heavy atom. The molecule has 0 unspecified atom stereocenters. The lowest BCUT2D eigenvalue weighted by atomic mass is 10.1. The maximum Gasteiger partial charge on any atom is 0.211 e. The highest BCUT2D eigenvalue weighted by molar-refractivity contribution is 5.88. The van der Waals surface area contributed by atoms with Crippen LogP contribution < -0.4 is 19.5 Å². The molecule has 1 amide bonds. The number of amides is 1. The number of fused-ring (bicyclic) bond motifs is 1. The Morgan fingerprint density at radius 2 is 1.97 bits per heavy atom. The number of ether oxygens (including phenoxy) is 4. The molecule has 4 rings (SSSR count). The van der Waals surface area contributed by atoms with Crippen molar-refractivity contribution in [2.75, 3.05) is 51.9 Å². The van der Waals surface area contributed by atoms with Crippen molar-refractivity contribution in [1.82, 2.24) is 9.88 Å². The molecular weight excluding hydrogens is 429 g/mol. The summed E-state index contributed by atoms with van der Waals surface area (Å²) >= 11 is 0. The van der Waals surface area contributed by atoms with E-state index in [2.05, 4.69) is 15.2 Å². The number of morpholine rings is 1. The van der Waals surface area contributed by atoms with Gasteiger partial charge in [-0.05, 0) is 30.7 Å². The molecule has 0 radical (unpaired) electrons. The van der Waals surface area contributed by atoms with Crippen molar-refractivity contribution in [1.29, 1.82) is 0 Å². The van der Waals surface area contributed by atoms with Gasteiger partial charge >= 0.3 is 0 Å². The van der Waals surface area contributed by atoms with Crippen molar-refractivity contribution in [2.24, 2.45) is 0 Å². The van der Waals surface area contributed by atoms with Crippen molar-refractivity contribution in [3.05, 3.63) is 48.4 Å². The van der Waals surface area contributed by atoms with Gasteiger partial charge in [0.2, 0.25) is 6.41 Å². The minimum atomic E-state index is -0.598. The number of carbonyl (C=O) groups excluding carboxylic acids is 1. The fourth-order valence-corrected chi connectivity index (χ4v) is 3.64. The second kappa shape index (κ2) is 10.9. The van der Waals surface area contributed by atoms with E-state index in [-0.39, 0.29) is 5.75 Å². The molecule has 174 valence electrons. The molecule has 0 bridgehead atoms. The number of nitrogens with one attached hydrogen (secondary N) is 1. The van der Waals surface area contributed by atoms with Gasteiger partial charge in [-0.25, -0.2) is 4.39 Å². The van der Waals surface area contributed by atoms with Crippen LogP contribution >= 0.6 is 0 Å². The minimum Gasteiger partial charge on any atom is -0.493 e. The highest BCUT2D eigenvalue weighted by Gasteiger charge is 2.14. The molecule has 3 aromatic rings. The highest BCUT2D eigenvalue weighted by atomic mass is 19.1. The molecule has 8 nitrogen and oxygen atoms in total. The first-order chi connectivity index (χ1) is 16.2. The van der Waals surface area contributed by atoms with Crippen LogP contribution in [0.4, 0.5) is 10.1 Å². The van der Waals surface area contributed by atoms with Gasteiger partial charge < -0.3 is 24.3 Å². The number of nitrogens with zero attached hydrogens (tertiary/aromatic N) is 2. The van der Waals surface area contributed by atoms with E-state index >= 15 is 0 Å². The van der Waals surface area contributed by atoms with Gasteiger partial charge in [0.05, 0.1) is 32.4 Å². The van der Waals surface area contributed by atoms with Crippen molar-refractivity contribution in [3.8, 4) is 23.0 Å². The van der Waals surface area contributed by atoms with Crippen LogP contribution in [-0.4, -0.2) is 62.9 Å². The number of hydrogen-bond acceptors (Lipinski definition) is 7. The van der Waals surface area contributed by atoms with Gasteiger partial charge in [-0.2, -0.15) is 0 Å². The molecule has 1 N–H and O–H groups in total. The van der Waals surface area contributed by atoms with Gasteiger partial charge in [0.15, 0.2) is 23.1 Å². The van der Waals surface area contributed by atoms with Gasteiger partial charge in [-0.1, -0.05) is 0 Å². The van der Waals surface area contributed by atoms with Gasteiger partial charge in [-0.3, -0.25) is 14.7 Å². The molecule has 0 saturated carbocycles. The topological polar surface area (TPSA) is 82.2 Å². The third-order valence-corrected chi connectivity index (χ3v) is 5.34. The Hall–Kier alpha value is -3.43. The molecular formula is C24H26FN3O5. The molecule has 9 heteroatoms. The normalized spacial score (nSPS) is 14.1. The summed E-state index contributed by atoms with van der Waals surface area (Å²) < 4.78 is 37.1. The Balaban J connectivity index is 1.49. The lowest BCUT2D eigenvalue weighted by Crippen LogP contribution is -2.37. The van der Waals surface area contributed by atoms with E-state index < -0.39 is 5.82 Å². The number of methoxy groups -OCH3 is 1. The number of aromatic nitrogens is 1. The van der Waals surface area contributed by atoms with E-state index in [0.29, 0.717) is 46.9 Å². The van der Waals surface area contributed by atoms with Gasteiger partial charge in [-0.15, -0.1) is 0 Å². The van der Waals surface area contributed by atoms with E-state index in [1.807, 2.05) is 0 Å². The van der Waals surface area contributed by atoms with Crippen LogP contribution in [0.2, 0.25) is 0 Å². The van der Waals surface area contributed by atoms with Crippen molar-refractivity contribution < 1.29 is 28.1 Å². The van der Waals surface area contributed by atoms with E-state index in [1.165, 1.54) is 12.1 Å². The number of carbonyl (C=O) groups is 1. The summed E-state index contributed by atoms with van der Waals surface area (Å²) in [4.78, 5) is 17.3. The fraction of sp³-hybridized carbons (Fsp3) is 0.333. The monoisotopic (exact) mass is 455 g/mol. The summed E-state index contributed by atoms with van der Waals surface area (Å²) in [6, 6.07) is 9.42. The molecule has 0 spiro atoms. The molecule has 33 heavy (non-hydrogen) atoms. The lowest BCUT2D eigenvalue weighted by molar-refractivity contribution is -0.105. The molecule has 0 atom stereocenters. The zero-order chi connectivity index (χ0) is 23.0. The predicted octanol–water partition coefficient (Wildman–Crippen LogP) is 3.84. The van der Waals surface area contributed by atoms with Crippen LogP contribution in [-0.2, 0) is 9.53 Å². The van der Waals surface area contributed by atoms with Crippen LogP contribution in [0.25, 0.3) is 10.9 Å². The zero-order valence-corrected chi connectivity index (χ0v) is 18.4. The average Bonchev–Trinajstić information content (AvgIpc) is 2.84. The summed E-state index contributed by atoms with van der Waals surface area (Å²) in [5, 5.41) is 3.06. The summed E-state index contributed by atoms with van der Waals surface area (Å²) in [5.41, 5.74) is 0.975. The van der Waals surface area contributed by atoms with Crippen LogP contribution in [0.1, 0.15) is 6.42 Å². The Kier molecular flexibility index (Phi) is 7.54. The number of rotatable bonds is 10. The molecule has 1 aliphatic rings. The summed E-state index contributed by atoms with van der Waals surface area (Å²) in [7, 11) is 1.57. The fourth-order valence-electron chi connectivity index (χ4n) is 3.64. The summed E-state index contributed by atoms with van der Waals surface area (Å²) in [6.45, 7) is 4.94.